The summed E-state index contributed by atoms with van der Waals surface area (Å²) in [6.45, 7) is 6.96. The normalized spacial score (nSPS) is 29.6. The van der Waals surface area contributed by atoms with E-state index in [1.807, 2.05) is 0 Å². The molecule has 0 heterocycles. The molecule has 0 spiro atoms. The standard InChI is InChI=1S/C11H23N3O/c1-8-4-9(6-11(2,3)5-8)14-10(15)13-7-12/h8-9H,4-7,12H2,1-3H3,(H2,13,14,15). The molecule has 1 fully saturated rings. The van der Waals surface area contributed by atoms with Crippen LogP contribution in [0, 0.1) is 11.3 Å². The highest BCUT2D eigenvalue weighted by molar-refractivity contribution is 5.74. The molecule has 0 bridgehead atoms. The average molecular weight is 213 g/mol. The Hall–Kier alpha value is -0.770. The van der Waals surface area contributed by atoms with Crippen LogP contribution in [0.5, 0.6) is 0 Å². The number of amides is 2. The van der Waals surface area contributed by atoms with E-state index in [2.05, 4.69) is 31.4 Å². The molecule has 4 nitrogen and oxygen atoms in total. The fourth-order valence-electron chi connectivity index (χ4n) is 2.79. The lowest BCUT2D eigenvalue weighted by atomic mass is 9.71. The van der Waals surface area contributed by atoms with Crippen LogP contribution in [0.1, 0.15) is 40.0 Å². The molecular weight excluding hydrogens is 190 g/mol. The average Bonchev–Trinajstić information content (AvgIpc) is 1.99. The van der Waals surface area contributed by atoms with Crippen molar-refractivity contribution in [2.45, 2.75) is 46.1 Å². The van der Waals surface area contributed by atoms with Gasteiger partial charge in [0.05, 0.1) is 6.67 Å². The Bertz CT molecular complexity index is 228. The number of carbonyl (C=O) groups excluding carboxylic acids is 1. The number of rotatable bonds is 2. The van der Waals surface area contributed by atoms with Gasteiger partial charge in [-0.25, -0.2) is 4.79 Å². The molecule has 1 aliphatic carbocycles. The quantitative estimate of drug-likeness (QED) is 0.607. The van der Waals surface area contributed by atoms with E-state index in [4.69, 9.17) is 5.73 Å². The third kappa shape index (κ3) is 4.08. The van der Waals surface area contributed by atoms with E-state index in [0.29, 0.717) is 11.3 Å². The topological polar surface area (TPSA) is 67.2 Å². The minimum atomic E-state index is -0.146. The molecule has 0 saturated heterocycles. The molecule has 1 saturated carbocycles. The van der Waals surface area contributed by atoms with Crippen molar-refractivity contribution < 1.29 is 4.79 Å². The first kappa shape index (κ1) is 12.3. The van der Waals surface area contributed by atoms with Crippen molar-refractivity contribution in [1.29, 1.82) is 0 Å². The number of hydrogen-bond donors (Lipinski definition) is 3. The Balaban J connectivity index is 2.45. The van der Waals surface area contributed by atoms with E-state index in [-0.39, 0.29) is 18.7 Å². The van der Waals surface area contributed by atoms with Gasteiger partial charge in [-0.1, -0.05) is 20.8 Å². The largest absolute Gasteiger partial charge is 0.335 e. The zero-order valence-electron chi connectivity index (χ0n) is 9.97. The molecule has 2 unspecified atom stereocenters. The summed E-state index contributed by atoms with van der Waals surface area (Å²) in [7, 11) is 0. The SMILES string of the molecule is CC1CC(NC(=O)NCN)CC(C)(C)C1. The molecule has 0 aromatic heterocycles. The van der Waals surface area contributed by atoms with Crippen LogP contribution in [0.25, 0.3) is 0 Å². The number of urea groups is 1. The second-order valence-corrected chi connectivity index (χ2v) is 5.46. The van der Waals surface area contributed by atoms with Crippen LogP contribution in [0.15, 0.2) is 0 Å². The Morgan fingerprint density at radius 3 is 2.67 bits per heavy atom. The first-order chi connectivity index (χ1) is 6.93. The van der Waals surface area contributed by atoms with Crippen molar-refractivity contribution in [2.24, 2.45) is 17.1 Å². The van der Waals surface area contributed by atoms with E-state index in [9.17, 15) is 4.79 Å². The zero-order chi connectivity index (χ0) is 11.5. The van der Waals surface area contributed by atoms with Gasteiger partial charge in [-0.05, 0) is 30.6 Å². The van der Waals surface area contributed by atoms with Crippen LogP contribution >= 0.6 is 0 Å². The lowest BCUT2D eigenvalue weighted by molar-refractivity contribution is 0.152. The van der Waals surface area contributed by atoms with Crippen LogP contribution in [0.3, 0.4) is 0 Å². The Labute approximate surface area is 92.0 Å². The Morgan fingerprint density at radius 1 is 1.47 bits per heavy atom. The van der Waals surface area contributed by atoms with Crippen LogP contribution in [-0.4, -0.2) is 18.7 Å². The predicted octanol–water partition coefficient (Wildman–Crippen LogP) is 1.42. The summed E-state index contributed by atoms with van der Waals surface area (Å²) in [5, 5.41) is 5.54. The lowest BCUT2D eigenvalue weighted by Crippen LogP contribution is -2.48. The fourth-order valence-corrected chi connectivity index (χ4v) is 2.79. The van der Waals surface area contributed by atoms with Crippen molar-refractivity contribution >= 4 is 6.03 Å². The van der Waals surface area contributed by atoms with Crippen LogP contribution in [-0.2, 0) is 0 Å². The summed E-state index contributed by atoms with van der Waals surface area (Å²) in [5.41, 5.74) is 5.57. The minimum Gasteiger partial charge on any atom is -0.335 e. The Morgan fingerprint density at radius 2 is 2.13 bits per heavy atom. The third-order valence-electron chi connectivity index (χ3n) is 2.98. The summed E-state index contributed by atoms with van der Waals surface area (Å²) >= 11 is 0. The second-order valence-electron chi connectivity index (χ2n) is 5.46. The molecule has 1 rings (SSSR count). The van der Waals surface area contributed by atoms with Gasteiger partial charge in [0.2, 0.25) is 0 Å². The molecule has 4 heteroatoms. The first-order valence-electron chi connectivity index (χ1n) is 5.67. The number of hydrogen-bond acceptors (Lipinski definition) is 2. The number of nitrogens with one attached hydrogen (secondary N) is 2. The summed E-state index contributed by atoms with van der Waals surface area (Å²) in [5.74, 6) is 0.678. The van der Waals surface area contributed by atoms with Crippen LogP contribution in [0.2, 0.25) is 0 Å². The van der Waals surface area contributed by atoms with Crippen molar-refractivity contribution in [3.8, 4) is 0 Å². The highest BCUT2D eigenvalue weighted by Gasteiger charge is 2.32. The molecule has 0 aromatic rings. The van der Waals surface area contributed by atoms with Gasteiger partial charge in [0, 0.05) is 6.04 Å². The molecule has 15 heavy (non-hydrogen) atoms. The molecule has 2 amide bonds. The van der Waals surface area contributed by atoms with Gasteiger partial charge in [0.15, 0.2) is 0 Å². The van der Waals surface area contributed by atoms with Gasteiger partial charge < -0.3 is 16.4 Å². The van der Waals surface area contributed by atoms with Gasteiger partial charge in [-0.2, -0.15) is 0 Å². The predicted molar refractivity (Wildman–Crippen MR) is 61.3 cm³/mol. The maximum Gasteiger partial charge on any atom is 0.316 e. The van der Waals surface area contributed by atoms with E-state index in [1.165, 1.54) is 6.42 Å². The summed E-state index contributed by atoms with van der Waals surface area (Å²) in [6, 6.07) is 0.141. The molecule has 0 aliphatic heterocycles. The Kier molecular flexibility index (Phi) is 3.97. The first-order valence-corrected chi connectivity index (χ1v) is 5.67. The molecule has 1 aliphatic rings. The molecular formula is C11H23N3O. The van der Waals surface area contributed by atoms with Gasteiger partial charge >= 0.3 is 6.03 Å². The van der Waals surface area contributed by atoms with Crippen LogP contribution in [0.4, 0.5) is 4.79 Å². The number of nitrogens with two attached hydrogens (primary N) is 1. The van der Waals surface area contributed by atoms with Crippen LogP contribution < -0.4 is 16.4 Å². The third-order valence-corrected chi connectivity index (χ3v) is 2.98. The maximum absolute atomic E-state index is 11.3. The van der Waals surface area contributed by atoms with Gasteiger partial charge in [-0.3, -0.25) is 0 Å². The number of carbonyl (C=O) groups is 1. The summed E-state index contributed by atoms with van der Waals surface area (Å²) in [4.78, 5) is 11.3. The fraction of sp³-hybridized carbons (Fsp3) is 0.909. The van der Waals surface area contributed by atoms with E-state index >= 15 is 0 Å². The molecule has 4 N–H and O–H groups in total. The second kappa shape index (κ2) is 4.84. The lowest BCUT2D eigenvalue weighted by Gasteiger charge is -2.39. The highest BCUT2D eigenvalue weighted by atomic mass is 16.2. The minimum absolute atomic E-state index is 0.146. The smallest absolute Gasteiger partial charge is 0.316 e. The highest BCUT2D eigenvalue weighted by Crippen LogP contribution is 2.38. The van der Waals surface area contributed by atoms with Gasteiger partial charge in [-0.15, -0.1) is 0 Å². The summed E-state index contributed by atoms with van der Waals surface area (Å²) < 4.78 is 0. The monoisotopic (exact) mass is 213 g/mol. The van der Waals surface area contributed by atoms with Crippen molar-refractivity contribution in [1.82, 2.24) is 10.6 Å². The molecule has 0 radical (unpaired) electrons. The molecule has 88 valence electrons. The summed E-state index contributed by atoms with van der Waals surface area (Å²) in [6.07, 6.45) is 3.36. The van der Waals surface area contributed by atoms with E-state index in [1.54, 1.807) is 0 Å². The molecule has 2 atom stereocenters. The van der Waals surface area contributed by atoms with Gasteiger partial charge in [0.1, 0.15) is 0 Å². The van der Waals surface area contributed by atoms with Crippen molar-refractivity contribution in [2.75, 3.05) is 6.67 Å². The maximum atomic E-state index is 11.3. The zero-order valence-corrected chi connectivity index (χ0v) is 9.97. The van der Waals surface area contributed by atoms with Gasteiger partial charge in [0.25, 0.3) is 0 Å². The van der Waals surface area contributed by atoms with Crippen molar-refractivity contribution in [3.63, 3.8) is 0 Å². The molecule has 0 aromatic carbocycles. The van der Waals surface area contributed by atoms with Crippen molar-refractivity contribution in [3.05, 3.63) is 0 Å². The van der Waals surface area contributed by atoms with E-state index in [0.717, 1.165) is 12.8 Å². The van der Waals surface area contributed by atoms with E-state index < -0.39 is 0 Å².